The van der Waals surface area contributed by atoms with E-state index in [0.717, 1.165) is 4.90 Å². The van der Waals surface area contributed by atoms with Crippen molar-refractivity contribution in [2.24, 2.45) is 0 Å². The van der Waals surface area contributed by atoms with Gasteiger partial charge in [0.25, 0.3) is 0 Å². The van der Waals surface area contributed by atoms with Crippen LogP contribution < -0.4 is 4.90 Å². The summed E-state index contributed by atoms with van der Waals surface area (Å²) in [5.74, 6) is -1.66. The third-order valence-electron chi connectivity index (χ3n) is 2.77. The van der Waals surface area contributed by atoms with E-state index in [1.165, 1.54) is 12.1 Å². The van der Waals surface area contributed by atoms with Crippen LogP contribution in [0.5, 0.6) is 0 Å². The summed E-state index contributed by atoms with van der Waals surface area (Å²) in [6, 6.07) is 5.29. The zero-order valence-electron chi connectivity index (χ0n) is 9.41. The van der Waals surface area contributed by atoms with Gasteiger partial charge in [-0.05, 0) is 12.1 Å². The normalized spacial score (nSPS) is 18.2. The molecule has 6 nitrogen and oxygen atoms in total. The molecule has 0 aliphatic carbocycles. The number of anilines is 1. The highest BCUT2D eigenvalue weighted by Gasteiger charge is 2.34. The van der Waals surface area contributed by atoms with E-state index in [4.69, 9.17) is 9.84 Å². The topological polar surface area (TPSA) is 83.9 Å². The van der Waals surface area contributed by atoms with Gasteiger partial charge in [0.15, 0.2) is 0 Å². The predicted octanol–water partition coefficient (Wildman–Crippen LogP) is 0.663. The SMILES string of the molecule is O=CN(c1ccccc1C(=O)O)C1CCOC1=O. The van der Waals surface area contributed by atoms with E-state index >= 15 is 0 Å². The van der Waals surface area contributed by atoms with Crippen LogP contribution in [0.2, 0.25) is 0 Å². The number of cyclic esters (lactones) is 1. The molecule has 1 unspecified atom stereocenters. The van der Waals surface area contributed by atoms with E-state index in [0.29, 0.717) is 12.8 Å². The van der Waals surface area contributed by atoms with Gasteiger partial charge in [0.1, 0.15) is 6.04 Å². The van der Waals surface area contributed by atoms with E-state index in [2.05, 4.69) is 0 Å². The Hall–Kier alpha value is -2.37. The van der Waals surface area contributed by atoms with Crippen LogP contribution in [0.1, 0.15) is 16.8 Å². The molecule has 0 aromatic heterocycles. The first-order valence-electron chi connectivity index (χ1n) is 5.37. The molecule has 0 radical (unpaired) electrons. The molecule has 6 heteroatoms. The summed E-state index contributed by atoms with van der Waals surface area (Å²) < 4.78 is 4.78. The number of carboxylic acid groups (broad SMARTS) is 1. The van der Waals surface area contributed by atoms with Crippen LogP contribution in [0.15, 0.2) is 24.3 Å². The average molecular weight is 249 g/mol. The molecule has 0 saturated carbocycles. The summed E-state index contributed by atoms with van der Waals surface area (Å²) in [4.78, 5) is 34.8. The number of hydrogen-bond acceptors (Lipinski definition) is 4. The van der Waals surface area contributed by atoms with Gasteiger partial charge in [-0.15, -0.1) is 0 Å². The molecule has 2 rings (SSSR count). The van der Waals surface area contributed by atoms with Gasteiger partial charge in [-0.2, -0.15) is 0 Å². The number of esters is 1. The second-order valence-corrected chi connectivity index (χ2v) is 3.81. The highest BCUT2D eigenvalue weighted by Crippen LogP contribution is 2.25. The number of aromatic carboxylic acids is 1. The van der Waals surface area contributed by atoms with Crippen LogP contribution in [-0.2, 0) is 14.3 Å². The monoisotopic (exact) mass is 249 g/mol. The van der Waals surface area contributed by atoms with Crippen molar-refractivity contribution < 1.29 is 24.2 Å². The predicted molar refractivity (Wildman–Crippen MR) is 61.3 cm³/mol. The molecule has 1 atom stereocenters. The van der Waals surface area contributed by atoms with Crippen molar-refractivity contribution in [1.29, 1.82) is 0 Å². The van der Waals surface area contributed by atoms with E-state index < -0.39 is 18.0 Å². The van der Waals surface area contributed by atoms with Gasteiger partial charge in [-0.1, -0.05) is 12.1 Å². The van der Waals surface area contributed by atoms with Gasteiger partial charge in [0, 0.05) is 6.42 Å². The molecule has 1 heterocycles. The molecular formula is C12H11NO5. The maximum atomic E-state index is 11.5. The molecule has 0 bridgehead atoms. The largest absolute Gasteiger partial charge is 0.478 e. The van der Waals surface area contributed by atoms with E-state index in [-0.39, 0.29) is 17.9 Å². The highest BCUT2D eigenvalue weighted by atomic mass is 16.5. The van der Waals surface area contributed by atoms with Crippen molar-refractivity contribution >= 4 is 24.0 Å². The zero-order valence-corrected chi connectivity index (χ0v) is 9.41. The quantitative estimate of drug-likeness (QED) is 0.626. The molecule has 1 aromatic rings. The Balaban J connectivity index is 2.41. The summed E-state index contributed by atoms with van der Waals surface area (Å²) in [5.41, 5.74) is 0.174. The highest BCUT2D eigenvalue weighted by molar-refractivity contribution is 6.00. The third-order valence-corrected chi connectivity index (χ3v) is 2.77. The minimum atomic E-state index is -1.15. The van der Waals surface area contributed by atoms with Gasteiger partial charge < -0.3 is 9.84 Å². The standard InChI is InChI=1S/C12H11NO5/c14-7-13(10-5-6-18-12(10)17)9-4-2-1-3-8(9)11(15)16/h1-4,7,10H,5-6H2,(H,15,16). The minimum absolute atomic E-state index is 0.0238. The van der Waals surface area contributed by atoms with Crippen LogP contribution in [0.4, 0.5) is 5.69 Å². The average Bonchev–Trinajstić information content (AvgIpc) is 2.77. The first-order chi connectivity index (χ1) is 8.65. The number of carbonyl (C=O) groups excluding carboxylic acids is 2. The minimum Gasteiger partial charge on any atom is -0.478 e. The van der Waals surface area contributed by atoms with Crippen LogP contribution in [0.25, 0.3) is 0 Å². The molecule has 18 heavy (non-hydrogen) atoms. The number of benzene rings is 1. The molecule has 1 amide bonds. The number of nitrogens with zero attached hydrogens (tertiary/aromatic N) is 1. The van der Waals surface area contributed by atoms with Crippen molar-refractivity contribution in [1.82, 2.24) is 0 Å². The van der Waals surface area contributed by atoms with Crippen molar-refractivity contribution in [3.8, 4) is 0 Å². The van der Waals surface area contributed by atoms with Crippen LogP contribution in [0.3, 0.4) is 0 Å². The number of carboxylic acids is 1. The smallest absolute Gasteiger partial charge is 0.337 e. The Morgan fingerprint density at radius 2 is 2.17 bits per heavy atom. The number of amides is 1. The van der Waals surface area contributed by atoms with Crippen molar-refractivity contribution in [2.45, 2.75) is 12.5 Å². The van der Waals surface area contributed by atoms with E-state index in [1.54, 1.807) is 12.1 Å². The molecule has 1 fully saturated rings. The number of rotatable bonds is 4. The van der Waals surface area contributed by atoms with E-state index in [1.807, 2.05) is 0 Å². The Morgan fingerprint density at radius 1 is 1.44 bits per heavy atom. The second kappa shape index (κ2) is 4.87. The van der Waals surface area contributed by atoms with Gasteiger partial charge in [0.2, 0.25) is 6.41 Å². The number of hydrogen-bond donors (Lipinski definition) is 1. The van der Waals surface area contributed by atoms with Gasteiger partial charge >= 0.3 is 11.9 Å². The van der Waals surface area contributed by atoms with Crippen LogP contribution in [0, 0.1) is 0 Å². The Labute approximate surface area is 103 Å². The lowest BCUT2D eigenvalue weighted by molar-refractivity contribution is -0.139. The summed E-state index contributed by atoms with van der Waals surface area (Å²) in [6.45, 7) is 0.239. The molecule has 1 aromatic carbocycles. The van der Waals surface area contributed by atoms with E-state index in [9.17, 15) is 14.4 Å². The van der Waals surface area contributed by atoms with Gasteiger partial charge in [-0.3, -0.25) is 9.69 Å². The maximum Gasteiger partial charge on any atom is 0.337 e. The Kier molecular flexibility index (Phi) is 3.27. The van der Waals surface area contributed by atoms with Crippen LogP contribution in [-0.4, -0.2) is 36.1 Å². The molecule has 94 valence electrons. The summed E-state index contributed by atoms with van der Waals surface area (Å²) in [6.07, 6.45) is 0.824. The van der Waals surface area contributed by atoms with Crippen LogP contribution >= 0.6 is 0 Å². The molecule has 1 aliphatic rings. The Bertz CT molecular complexity index is 499. The lowest BCUT2D eigenvalue weighted by atomic mass is 10.1. The Morgan fingerprint density at radius 3 is 2.72 bits per heavy atom. The first-order valence-corrected chi connectivity index (χ1v) is 5.37. The summed E-state index contributed by atoms with van der Waals surface area (Å²) in [5, 5.41) is 9.06. The summed E-state index contributed by atoms with van der Waals surface area (Å²) in [7, 11) is 0. The number of para-hydroxylation sites is 1. The molecular weight excluding hydrogens is 238 g/mol. The maximum absolute atomic E-state index is 11.5. The van der Waals surface area contributed by atoms with Crippen molar-refractivity contribution in [3.05, 3.63) is 29.8 Å². The number of ether oxygens (including phenoxy) is 1. The lowest BCUT2D eigenvalue weighted by Gasteiger charge is -2.22. The summed E-state index contributed by atoms with van der Waals surface area (Å²) >= 11 is 0. The third kappa shape index (κ3) is 2.04. The van der Waals surface area contributed by atoms with Gasteiger partial charge in [-0.25, -0.2) is 9.59 Å². The fraction of sp³-hybridized carbons (Fsp3) is 0.250. The van der Waals surface area contributed by atoms with Gasteiger partial charge in [0.05, 0.1) is 17.9 Å². The second-order valence-electron chi connectivity index (χ2n) is 3.81. The molecule has 1 aliphatic heterocycles. The molecule has 1 saturated heterocycles. The lowest BCUT2D eigenvalue weighted by Crippen LogP contribution is -2.38. The number of carbonyl (C=O) groups is 3. The fourth-order valence-electron chi connectivity index (χ4n) is 1.92. The molecule has 0 spiro atoms. The zero-order chi connectivity index (χ0) is 13.1. The van der Waals surface area contributed by atoms with Crippen molar-refractivity contribution in [2.75, 3.05) is 11.5 Å². The molecule has 1 N–H and O–H groups in total. The first kappa shape index (κ1) is 12.1. The fourth-order valence-corrected chi connectivity index (χ4v) is 1.92. The van der Waals surface area contributed by atoms with Crippen molar-refractivity contribution in [3.63, 3.8) is 0 Å².